The first-order chi connectivity index (χ1) is 11.1. The van der Waals surface area contributed by atoms with Gasteiger partial charge in [0.2, 0.25) is 0 Å². The first-order valence-electron chi connectivity index (χ1n) is 8.65. The average Bonchev–Trinajstić information content (AvgIpc) is 2.60. The maximum Gasteiger partial charge on any atom is 0.105 e. The van der Waals surface area contributed by atoms with Crippen molar-refractivity contribution in [3.05, 3.63) is 35.9 Å². The van der Waals surface area contributed by atoms with E-state index in [4.69, 9.17) is 11.0 Å². The van der Waals surface area contributed by atoms with Gasteiger partial charge < -0.3 is 10.6 Å². The van der Waals surface area contributed by atoms with Crippen molar-refractivity contribution in [1.29, 1.82) is 5.26 Å². The fourth-order valence-electron chi connectivity index (χ4n) is 2.33. The van der Waals surface area contributed by atoms with Crippen molar-refractivity contribution < 1.29 is 0 Å². The molecule has 0 saturated carbocycles. The molecule has 1 aromatic carbocycles. The number of hydrogen-bond acceptors (Lipinski definition) is 4. The molecule has 4 nitrogen and oxygen atoms in total. The number of hydrogen-bond donors (Lipinski definition) is 1. The Balaban J connectivity index is 0.000000506. The minimum atomic E-state index is -0.278. The first kappa shape index (κ1) is 22.6. The zero-order valence-corrected chi connectivity index (χ0v) is 16.8. The fraction of sp³-hybridized carbons (Fsp3) is 0.650. The van der Waals surface area contributed by atoms with Crippen LogP contribution in [0, 0.1) is 11.3 Å². The van der Waals surface area contributed by atoms with Crippen LogP contribution >= 0.6 is 0 Å². The van der Waals surface area contributed by atoms with Crippen LogP contribution in [0.25, 0.3) is 0 Å². The quantitative estimate of drug-likeness (QED) is 0.864. The summed E-state index contributed by atoms with van der Waals surface area (Å²) in [7, 11) is 8.03. The lowest BCUT2D eigenvalue weighted by Crippen LogP contribution is -2.49. The van der Waals surface area contributed by atoms with Gasteiger partial charge in [0, 0.05) is 11.6 Å². The molecule has 0 aliphatic carbocycles. The second-order valence-electron chi connectivity index (χ2n) is 7.13. The SMILES string of the molecule is CCC(C)(C#N)N(C)C.CCC(C)(C(N)c1ccccc1)N(C)C. The van der Waals surface area contributed by atoms with Crippen LogP contribution < -0.4 is 5.73 Å². The molecule has 1 aromatic rings. The smallest absolute Gasteiger partial charge is 0.105 e. The number of rotatable bonds is 6. The summed E-state index contributed by atoms with van der Waals surface area (Å²) in [4.78, 5) is 4.15. The van der Waals surface area contributed by atoms with Crippen LogP contribution in [0.1, 0.15) is 52.1 Å². The number of likely N-dealkylation sites (N-methyl/N-ethyl adjacent to an activating group) is 1. The van der Waals surface area contributed by atoms with Crippen LogP contribution in [0.3, 0.4) is 0 Å². The molecule has 0 amide bonds. The molecule has 136 valence electrons. The Morgan fingerprint density at radius 3 is 1.75 bits per heavy atom. The summed E-state index contributed by atoms with van der Waals surface area (Å²) in [6.07, 6.45) is 1.91. The third-order valence-electron chi connectivity index (χ3n) is 5.48. The van der Waals surface area contributed by atoms with Crippen molar-refractivity contribution in [2.75, 3.05) is 28.2 Å². The van der Waals surface area contributed by atoms with Crippen LogP contribution in [0.5, 0.6) is 0 Å². The van der Waals surface area contributed by atoms with Crippen LogP contribution in [0.4, 0.5) is 0 Å². The van der Waals surface area contributed by atoms with Gasteiger partial charge in [-0.25, -0.2) is 0 Å². The maximum absolute atomic E-state index is 8.66. The Labute approximate surface area is 149 Å². The molecule has 0 saturated heterocycles. The van der Waals surface area contributed by atoms with Gasteiger partial charge in [-0.1, -0.05) is 44.2 Å². The van der Waals surface area contributed by atoms with Crippen LogP contribution in [0.15, 0.2) is 30.3 Å². The van der Waals surface area contributed by atoms with E-state index in [0.717, 1.165) is 12.8 Å². The molecule has 0 fully saturated rings. The fourth-order valence-corrected chi connectivity index (χ4v) is 2.33. The maximum atomic E-state index is 8.66. The Morgan fingerprint density at radius 2 is 1.50 bits per heavy atom. The van der Waals surface area contributed by atoms with Crippen molar-refractivity contribution >= 4 is 0 Å². The molecule has 0 aliphatic rings. The van der Waals surface area contributed by atoms with Gasteiger partial charge in [-0.15, -0.1) is 0 Å². The Kier molecular flexibility index (Phi) is 9.21. The number of benzene rings is 1. The highest BCUT2D eigenvalue weighted by Gasteiger charge is 2.32. The molecule has 0 aliphatic heterocycles. The summed E-state index contributed by atoms with van der Waals surface area (Å²) < 4.78 is 0. The second kappa shape index (κ2) is 9.78. The van der Waals surface area contributed by atoms with Crippen molar-refractivity contribution in [1.82, 2.24) is 9.80 Å². The second-order valence-corrected chi connectivity index (χ2v) is 7.13. The monoisotopic (exact) mass is 332 g/mol. The van der Waals surface area contributed by atoms with Crippen LogP contribution in [-0.4, -0.2) is 49.1 Å². The zero-order valence-electron chi connectivity index (χ0n) is 16.8. The molecule has 4 heteroatoms. The van der Waals surface area contributed by atoms with E-state index in [1.807, 2.05) is 51.0 Å². The first-order valence-corrected chi connectivity index (χ1v) is 8.65. The lowest BCUT2D eigenvalue weighted by molar-refractivity contribution is 0.132. The molecule has 3 atom stereocenters. The van der Waals surface area contributed by atoms with Gasteiger partial charge in [0.25, 0.3) is 0 Å². The molecule has 1 rings (SSSR count). The van der Waals surface area contributed by atoms with Gasteiger partial charge in [-0.2, -0.15) is 5.26 Å². The molecule has 0 bridgehead atoms. The van der Waals surface area contributed by atoms with E-state index in [0.29, 0.717) is 0 Å². The van der Waals surface area contributed by atoms with Gasteiger partial charge in [-0.3, -0.25) is 4.90 Å². The van der Waals surface area contributed by atoms with Crippen LogP contribution in [-0.2, 0) is 0 Å². The molecule has 3 unspecified atom stereocenters. The summed E-state index contributed by atoms with van der Waals surface area (Å²) in [6, 6.07) is 12.6. The van der Waals surface area contributed by atoms with Gasteiger partial charge in [-0.05, 0) is 60.4 Å². The largest absolute Gasteiger partial charge is 0.322 e. The molecule has 0 heterocycles. The number of nitriles is 1. The zero-order chi connectivity index (χ0) is 19.0. The normalized spacial score (nSPS) is 17.2. The average molecular weight is 333 g/mol. The van der Waals surface area contributed by atoms with Gasteiger partial charge >= 0.3 is 0 Å². The van der Waals surface area contributed by atoms with Crippen molar-refractivity contribution in [3.8, 4) is 6.07 Å². The molecule has 0 aromatic heterocycles. The van der Waals surface area contributed by atoms with E-state index in [9.17, 15) is 0 Å². The Hall–Kier alpha value is -1.41. The standard InChI is InChI=1S/C13H22N2.C7H14N2/c1-5-13(2,15(3)4)12(14)11-9-7-6-8-10-11;1-5-7(2,6-8)9(3)4/h6-10,12H,5,14H2,1-4H3;5H2,1-4H3. The van der Waals surface area contributed by atoms with E-state index >= 15 is 0 Å². The van der Waals surface area contributed by atoms with Crippen molar-refractivity contribution in [3.63, 3.8) is 0 Å². The third-order valence-corrected chi connectivity index (χ3v) is 5.48. The van der Waals surface area contributed by atoms with Crippen molar-refractivity contribution in [2.45, 2.75) is 57.7 Å². The molecular formula is C20H36N4. The van der Waals surface area contributed by atoms with E-state index in [1.54, 1.807) is 0 Å². The molecule has 0 radical (unpaired) electrons. The van der Waals surface area contributed by atoms with E-state index < -0.39 is 0 Å². The lowest BCUT2D eigenvalue weighted by Gasteiger charge is -2.41. The molecular weight excluding hydrogens is 296 g/mol. The summed E-state index contributed by atoms with van der Waals surface area (Å²) in [5, 5.41) is 8.66. The van der Waals surface area contributed by atoms with Gasteiger partial charge in [0.05, 0.1) is 6.07 Å². The summed E-state index contributed by atoms with van der Waals surface area (Å²) >= 11 is 0. The van der Waals surface area contributed by atoms with Gasteiger partial charge in [0.15, 0.2) is 0 Å². The van der Waals surface area contributed by atoms with Crippen LogP contribution in [0.2, 0.25) is 0 Å². The van der Waals surface area contributed by atoms with Crippen molar-refractivity contribution in [2.24, 2.45) is 5.73 Å². The molecule has 0 spiro atoms. The third kappa shape index (κ3) is 5.59. The predicted octanol–water partition coefficient (Wildman–Crippen LogP) is 3.66. The van der Waals surface area contributed by atoms with E-state index in [1.165, 1.54) is 5.56 Å². The Bertz CT molecular complexity index is 506. The number of nitrogens with two attached hydrogens (primary N) is 1. The van der Waals surface area contributed by atoms with E-state index in [-0.39, 0.29) is 17.1 Å². The van der Waals surface area contributed by atoms with E-state index in [2.05, 4.69) is 51.0 Å². The minimum Gasteiger partial charge on any atom is -0.322 e. The molecule has 2 N–H and O–H groups in total. The topological polar surface area (TPSA) is 56.3 Å². The Morgan fingerprint density at radius 1 is 1.00 bits per heavy atom. The lowest BCUT2D eigenvalue weighted by atomic mass is 9.84. The highest BCUT2D eigenvalue weighted by Crippen LogP contribution is 2.30. The molecule has 24 heavy (non-hydrogen) atoms. The highest BCUT2D eigenvalue weighted by molar-refractivity contribution is 5.22. The predicted molar refractivity (Wildman–Crippen MR) is 104 cm³/mol. The van der Waals surface area contributed by atoms with Gasteiger partial charge in [0.1, 0.15) is 5.54 Å². The summed E-state index contributed by atoms with van der Waals surface area (Å²) in [5.74, 6) is 0. The minimum absolute atomic E-state index is 0.0152. The summed E-state index contributed by atoms with van der Waals surface area (Å²) in [5.41, 5.74) is 7.28. The summed E-state index contributed by atoms with van der Waals surface area (Å²) in [6.45, 7) is 8.35. The highest BCUT2D eigenvalue weighted by atomic mass is 15.2. The number of nitrogens with zero attached hydrogens (tertiary/aromatic N) is 3.